The molecule has 1 aliphatic carbocycles. The molecule has 4 N–H and O–H groups in total. The fourth-order valence-electron chi connectivity index (χ4n) is 3.82. The minimum Gasteiger partial charge on any atom is -0.504 e. The number of likely N-dealkylation sites (N-methyl/N-ethyl adjacent to an activating group) is 1. The van der Waals surface area contributed by atoms with Gasteiger partial charge in [-0.15, -0.1) is 12.4 Å². The molecule has 2 aromatic carbocycles. The molecule has 23 heavy (non-hydrogen) atoms. The van der Waals surface area contributed by atoms with E-state index in [1.165, 1.54) is 0 Å². The molecule has 1 aliphatic heterocycles. The van der Waals surface area contributed by atoms with Crippen molar-refractivity contribution in [3.63, 3.8) is 0 Å². The van der Waals surface area contributed by atoms with Crippen molar-refractivity contribution in [2.45, 2.75) is 18.6 Å². The zero-order valence-corrected chi connectivity index (χ0v) is 13.3. The first-order valence-electron chi connectivity index (χ1n) is 7.28. The number of rotatable bonds is 0. The highest BCUT2D eigenvalue weighted by Gasteiger charge is 2.40. The number of aromatic hydroxyl groups is 3. The van der Waals surface area contributed by atoms with Crippen LogP contribution in [0.2, 0.25) is 0 Å². The van der Waals surface area contributed by atoms with Gasteiger partial charge in [-0.05, 0) is 30.2 Å². The normalized spacial score (nSPS) is 22.0. The maximum atomic E-state index is 10.4. The Morgan fingerprint density at radius 1 is 1.00 bits per heavy atom. The third kappa shape index (κ3) is 2.01. The molecule has 0 saturated carbocycles. The van der Waals surface area contributed by atoms with Gasteiger partial charge in [0.25, 0.3) is 0 Å². The molecule has 0 fully saturated rings. The summed E-state index contributed by atoms with van der Waals surface area (Å²) < 4.78 is 0. The Morgan fingerprint density at radius 2 is 1.70 bits per heavy atom. The number of nitrogens with zero attached hydrogens (tertiary/aromatic N) is 1. The zero-order valence-electron chi connectivity index (χ0n) is 12.5. The second-order valence-electron chi connectivity index (χ2n) is 6.08. The minimum atomic E-state index is -0.897. The van der Waals surface area contributed by atoms with Crippen molar-refractivity contribution >= 4 is 12.4 Å². The van der Waals surface area contributed by atoms with Gasteiger partial charge in [0.05, 0.1) is 6.10 Å². The Kier molecular flexibility index (Phi) is 3.67. The molecular formula is C17H18ClNO4. The second-order valence-corrected chi connectivity index (χ2v) is 6.08. The van der Waals surface area contributed by atoms with E-state index in [1.54, 1.807) is 0 Å². The average molecular weight is 336 g/mol. The maximum absolute atomic E-state index is 10.4. The van der Waals surface area contributed by atoms with Crippen LogP contribution in [0.25, 0.3) is 11.1 Å². The van der Waals surface area contributed by atoms with E-state index >= 15 is 0 Å². The van der Waals surface area contributed by atoms with Crippen LogP contribution in [0.5, 0.6) is 17.2 Å². The fraction of sp³-hybridized carbons (Fsp3) is 0.294. The van der Waals surface area contributed by atoms with Crippen LogP contribution in [0.3, 0.4) is 0 Å². The Balaban J connectivity index is 0.00000156. The molecule has 4 rings (SSSR count). The first kappa shape index (κ1) is 15.9. The van der Waals surface area contributed by atoms with E-state index in [-0.39, 0.29) is 24.2 Å². The molecule has 0 spiro atoms. The summed E-state index contributed by atoms with van der Waals surface area (Å²) in [6, 6.07) is 7.66. The second kappa shape index (κ2) is 5.30. The zero-order chi connectivity index (χ0) is 15.6. The number of aliphatic hydroxyl groups is 1. The van der Waals surface area contributed by atoms with Crippen LogP contribution in [0.4, 0.5) is 0 Å². The molecule has 0 bridgehead atoms. The molecule has 5 nitrogen and oxygen atoms in total. The largest absolute Gasteiger partial charge is 0.504 e. The monoisotopic (exact) mass is 335 g/mol. The van der Waals surface area contributed by atoms with E-state index < -0.39 is 17.6 Å². The summed E-state index contributed by atoms with van der Waals surface area (Å²) in [5.41, 5.74) is 3.48. The molecular weight excluding hydrogens is 318 g/mol. The number of β-amino-alcohol motifs (C(OH)–C–C–N with tert-alkyl or cyclic N) is 1. The quantitative estimate of drug-likeness (QED) is 0.556. The summed E-state index contributed by atoms with van der Waals surface area (Å²) >= 11 is 0. The third-order valence-electron chi connectivity index (χ3n) is 4.86. The van der Waals surface area contributed by atoms with Gasteiger partial charge in [0.15, 0.2) is 11.5 Å². The van der Waals surface area contributed by atoms with Gasteiger partial charge in [0.2, 0.25) is 5.75 Å². The number of phenols is 3. The number of phenolic OH excluding ortho intramolecular Hbond substituents is 3. The number of benzene rings is 2. The van der Waals surface area contributed by atoms with Gasteiger partial charge < -0.3 is 20.4 Å². The first-order valence-corrected chi connectivity index (χ1v) is 7.28. The summed E-state index contributed by atoms with van der Waals surface area (Å²) in [6.45, 7) is 0.372. The van der Waals surface area contributed by atoms with Crippen LogP contribution in [-0.4, -0.2) is 38.9 Å². The van der Waals surface area contributed by atoms with Crippen molar-refractivity contribution < 1.29 is 20.4 Å². The highest BCUT2D eigenvalue weighted by atomic mass is 35.5. The van der Waals surface area contributed by atoms with Crippen LogP contribution >= 0.6 is 12.4 Å². The highest BCUT2D eigenvalue weighted by molar-refractivity contribution is 5.86. The van der Waals surface area contributed by atoms with Gasteiger partial charge in [0.1, 0.15) is 0 Å². The van der Waals surface area contributed by atoms with Crippen LogP contribution in [0, 0.1) is 0 Å². The summed E-state index contributed by atoms with van der Waals surface area (Å²) in [7, 11) is 1.91. The molecule has 2 atom stereocenters. The molecule has 2 aliphatic rings. The number of hydrogen-bond donors (Lipinski definition) is 4. The third-order valence-corrected chi connectivity index (χ3v) is 4.86. The fourth-order valence-corrected chi connectivity index (χ4v) is 3.82. The Labute approximate surface area is 139 Å². The van der Waals surface area contributed by atoms with Crippen LogP contribution in [-0.2, 0) is 6.42 Å². The first-order chi connectivity index (χ1) is 10.5. The van der Waals surface area contributed by atoms with E-state index in [0.29, 0.717) is 23.2 Å². The minimum absolute atomic E-state index is 0. The van der Waals surface area contributed by atoms with Crippen LogP contribution in [0.15, 0.2) is 24.3 Å². The van der Waals surface area contributed by atoms with E-state index in [0.717, 1.165) is 17.5 Å². The van der Waals surface area contributed by atoms with Gasteiger partial charge in [-0.25, -0.2) is 0 Å². The van der Waals surface area contributed by atoms with Crippen LogP contribution in [0.1, 0.15) is 28.8 Å². The van der Waals surface area contributed by atoms with E-state index in [9.17, 15) is 20.4 Å². The molecule has 2 aromatic rings. The predicted molar refractivity (Wildman–Crippen MR) is 88.2 cm³/mol. The summed E-state index contributed by atoms with van der Waals surface area (Å²) in [5.74, 6) is -1.30. The van der Waals surface area contributed by atoms with Crippen molar-refractivity contribution in [2.24, 2.45) is 0 Å². The van der Waals surface area contributed by atoms with E-state index in [4.69, 9.17) is 0 Å². The number of aliphatic hydroxyl groups excluding tert-OH is 1. The summed E-state index contributed by atoms with van der Waals surface area (Å²) in [5, 5.41) is 41.0. The van der Waals surface area contributed by atoms with Gasteiger partial charge >= 0.3 is 0 Å². The molecule has 2 unspecified atom stereocenters. The lowest BCUT2D eigenvalue weighted by atomic mass is 9.75. The topological polar surface area (TPSA) is 84.2 Å². The highest BCUT2D eigenvalue weighted by Crippen LogP contribution is 2.57. The van der Waals surface area contributed by atoms with Gasteiger partial charge in [-0.1, -0.05) is 24.3 Å². The van der Waals surface area contributed by atoms with Gasteiger partial charge in [-0.2, -0.15) is 0 Å². The lowest BCUT2D eigenvalue weighted by Crippen LogP contribution is -2.38. The summed E-state index contributed by atoms with van der Waals surface area (Å²) in [6.07, 6.45) is -0.157. The molecule has 0 amide bonds. The van der Waals surface area contributed by atoms with E-state index in [2.05, 4.69) is 0 Å². The van der Waals surface area contributed by atoms with E-state index in [1.807, 2.05) is 36.2 Å². The molecule has 122 valence electrons. The predicted octanol–water partition coefficient (Wildman–Crippen LogP) is 2.47. The molecule has 1 heterocycles. The maximum Gasteiger partial charge on any atom is 0.201 e. The number of halogens is 1. The smallest absolute Gasteiger partial charge is 0.201 e. The van der Waals surface area contributed by atoms with Crippen molar-refractivity contribution in [3.05, 3.63) is 41.0 Å². The van der Waals surface area contributed by atoms with Gasteiger partial charge in [-0.3, -0.25) is 4.90 Å². The lowest BCUT2D eigenvalue weighted by Gasteiger charge is -2.42. The molecule has 0 saturated heterocycles. The van der Waals surface area contributed by atoms with Crippen molar-refractivity contribution in [2.75, 3.05) is 13.6 Å². The SMILES string of the molecule is CN1CC(O)c2c(O)c(O)c(O)c3c2C1Cc1ccccc1-3.Cl. The van der Waals surface area contributed by atoms with Crippen molar-refractivity contribution in [1.82, 2.24) is 4.90 Å². The standard InChI is InChI=1S/C17H17NO4.ClH/c1-18-7-11(19)14-13-10(18)6-8-4-2-3-5-9(8)12(13)15(20)17(22)16(14)21;/h2-5,10-11,19-22H,6-7H2,1H3;1H. The average Bonchev–Trinajstić information content (AvgIpc) is 2.50. The van der Waals surface area contributed by atoms with Crippen molar-refractivity contribution in [1.29, 1.82) is 0 Å². The Morgan fingerprint density at radius 3 is 2.43 bits per heavy atom. The Bertz CT molecular complexity index is 793. The Hall–Kier alpha value is -1.95. The lowest BCUT2D eigenvalue weighted by molar-refractivity contribution is 0.0802. The summed E-state index contributed by atoms with van der Waals surface area (Å²) in [4.78, 5) is 2.02. The molecule has 0 radical (unpaired) electrons. The molecule has 6 heteroatoms. The molecule has 0 aromatic heterocycles. The van der Waals surface area contributed by atoms with Crippen molar-refractivity contribution in [3.8, 4) is 28.4 Å². The van der Waals surface area contributed by atoms with Gasteiger partial charge in [0, 0.05) is 23.7 Å². The number of hydrogen-bond acceptors (Lipinski definition) is 5. The number of fused-ring (bicyclic) bond motifs is 2. The van der Waals surface area contributed by atoms with Crippen LogP contribution < -0.4 is 0 Å².